The van der Waals surface area contributed by atoms with E-state index in [2.05, 4.69) is 45.9 Å². The molecule has 3 heterocycles. The molecule has 0 aliphatic heterocycles. The van der Waals surface area contributed by atoms with E-state index in [0.29, 0.717) is 11.5 Å². The zero-order chi connectivity index (χ0) is 16.4. The lowest BCUT2D eigenvalue weighted by molar-refractivity contribution is 0.729. The molecular weight excluding hydrogens is 310 g/mol. The molecule has 0 bridgehead atoms. The van der Waals surface area contributed by atoms with Crippen molar-refractivity contribution >= 4 is 17.5 Å². The molecule has 8 heteroatoms. The first kappa shape index (κ1) is 15.9. The highest BCUT2D eigenvalue weighted by molar-refractivity contribution is 7.98. The Morgan fingerprint density at radius 1 is 1.22 bits per heavy atom. The topological polar surface area (TPSA) is 73.8 Å². The third-order valence-corrected chi connectivity index (χ3v) is 4.78. The largest absolute Gasteiger partial charge is 0.253 e. The predicted octanol–water partition coefficient (Wildman–Crippen LogP) is 2.50. The maximum absolute atomic E-state index is 4.62. The van der Waals surface area contributed by atoms with E-state index in [9.17, 15) is 0 Å². The minimum absolute atomic E-state index is 0.667. The van der Waals surface area contributed by atoms with Gasteiger partial charge in [0.25, 0.3) is 5.78 Å². The summed E-state index contributed by atoms with van der Waals surface area (Å²) in [4.78, 5) is 13.4. The summed E-state index contributed by atoms with van der Waals surface area (Å²) >= 11 is 1.55. The summed E-state index contributed by atoms with van der Waals surface area (Å²) in [7, 11) is 1.88. The third kappa shape index (κ3) is 3.21. The van der Waals surface area contributed by atoms with Crippen LogP contribution >= 0.6 is 11.8 Å². The molecule has 0 radical (unpaired) electrons. The number of hydrogen-bond donors (Lipinski definition) is 0. The highest BCUT2D eigenvalue weighted by atomic mass is 32.2. The van der Waals surface area contributed by atoms with E-state index < -0.39 is 0 Å². The van der Waals surface area contributed by atoms with Gasteiger partial charge in [0, 0.05) is 18.4 Å². The van der Waals surface area contributed by atoms with Crippen molar-refractivity contribution in [1.29, 1.82) is 0 Å². The van der Waals surface area contributed by atoms with E-state index in [1.807, 2.05) is 11.6 Å². The molecule has 0 atom stereocenters. The average Bonchev–Trinajstić information content (AvgIpc) is 3.11. The van der Waals surface area contributed by atoms with E-state index >= 15 is 0 Å². The van der Waals surface area contributed by atoms with E-state index in [4.69, 9.17) is 0 Å². The zero-order valence-electron chi connectivity index (χ0n) is 13.9. The number of unbranched alkanes of at least 4 members (excludes halogenated alkanes) is 1. The molecule has 0 unspecified atom stereocenters. The molecule has 3 aromatic heterocycles. The van der Waals surface area contributed by atoms with Gasteiger partial charge >= 0.3 is 0 Å². The first-order valence-corrected chi connectivity index (χ1v) is 8.77. The molecule has 0 saturated carbocycles. The van der Waals surface area contributed by atoms with Crippen LogP contribution in [0.15, 0.2) is 11.5 Å². The van der Waals surface area contributed by atoms with Gasteiger partial charge in [-0.1, -0.05) is 25.1 Å². The van der Waals surface area contributed by atoms with E-state index in [0.717, 1.165) is 35.2 Å². The number of rotatable bonds is 6. The summed E-state index contributed by atoms with van der Waals surface area (Å²) in [5, 5.41) is 9.39. The second-order valence-electron chi connectivity index (χ2n) is 5.56. The highest BCUT2D eigenvalue weighted by Crippen LogP contribution is 2.21. The lowest BCUT2D eigenvalue weighted by Gasteiger charge is -2.09. The van der Waals surface area contributed by atoms with Crippen molar-refractivity contribution in [3.05, 3.63) is 29.1 Å². The summed E-state index contributed by atoms with van der Waals surface area (Å²) < 4.78 is 3.62. The molecule has 0 aromatic carbocycles. The van der Waals surface area contributed by atoms with Crippen molar-refractivity contribution in [2.24, 2.45) is 7.05 Å². The van der Waals surface area contributed by atoms with Crippen molar-refractivity contribution in [1.82, 2.24) is 34.3 Å². The second kappa shape index (κ2) is 6.66. The van der Waals surface area contributed by atoms with Crippen LogP contribution in [-0.4, -0.2) is 34.3 Å². The van der Waals surface area contributed by atoms with Crippen LogP contribution in [0.25, 0.3) is 5.78 Å². The van der Waals surface area contributed by atoms with Crippen LogP contribution in [0.5, 0.6) is 0 Å². The quantitative estimate of drug-likeness (QED) is 0.646. The molecule has 0 aliphatic carbocycles. The van der Waals surface area contributed by atoms with Gasteiger partial charge in [-0.05, 0) is 32.3 Å². The fourth-order valence-corrected chi connectivity index (χ4v) is 3.35. The van der Waals surface area contributed by atoms with Crippen molar-refractivity contribution in [3.63, 3.8) is 0 Å². The van der Waals surface area contributed by atoms with Gasteiger partial charge in [-0.2, -0.15) is 10.1 Å². The number of fused-ring (bicyclic) bond motifs is 1. The van der Waals surface area contributed by atoms with E-state index in [1.54, 1.807) is 22.8 Å². The number of aromatic nitrogens is 7. The standard InChI is InChI=1S/C15H21N7S/c1-5-6-7-12-10(2)18-14-19-15(20-22(14)11(12)3)23-8-13-16-9-17-21(13)4/h9H,5-8H2,1-4H3. The summed E-state index contributed by atoms with van der Waals surface area (Å²) in [5.41, 5.74) is 3.48. The highest BCUT2D eigenvalue weighted by Gasteiger charge is 2.14. The van der Waals surface area contributed by atoms with Crippen LogP contribution in [0.4, 0.5) is 0 Å². The molecule has 3 aromatic rings. The Bertz CT molecular complexity index is 821. The summed E-state index contributed by atoms with van der Waals surface area (Å²) in [6, 6.07) is 0. The summed E-state index contributed by atoms with van der Waals surface area (Å²) in [6.45, 7) is 6.35. The molecule has 0 saturated heterocycles. The molecule has 7 nitrogen and oxygen atoms in total. The van der Waals surface area contributed by atoms with Crippen molar-refractivity contribution in [3.8, 4) is 0 Å². The Morgan fingerprint density at radius 2 is 2.04 bits per heavy atom. The Kier molecular flexibility index (Phi) is 4.61. The Morgan fingerprint density at radius 3 is 2.74 bits per heavy atom. The average molecular weight is 331 g/mol. The number of aryl methyl sites for hydroxylation is 3. The molecule has 0 N–H and O–H groups in total. The molecule has 0 spiro atoms. The van der Waals surface area contributed by atoms with Crippen molar-refractivity contribution < 1.29 is 0 Å². The predicted molar refractivity (Wildman–Crippen MR) is 89.4 cm³/mol. The van der Waals surface area contributed by atoms with Crippen LogP contribution in [-0.2, 0) is 19.2 Å². The van der Waals surface area contributed by atoms with Crippen LogP contribution < -0.4 is 0 Å². The van der Waals surface area contributed by atoms with E-state index in [-0.39, 0.29) is 0 Å². The van der Waals surface area contributed by atoms with Gasteiger partial charge in [-0.25, -0.2) is 14.5 Å². The van der Waals surface area contributed by atoms with E-state index in [1.165, 1.54) is 12.0 Å². The summed E-state index contributed by atoms with van der Waals surface area (Å²) in [5.74, 6) is 2.26. The van der Waals surface area contributed by atoms with Crippen LogP contribution in [0.1, 0.15) is 42.5 Å². The Labute approximate surface area is 139 Å². The Hall–Kier alpha value is -1.96. The lowest BCUT2D eigenvalue weighted by atomic mass is 10.1. The molecule has 0 aliphatic rings. The lowest BCUT2D eigenvalue weighted by Crippen LogP contribution is -2.05. The van der Waals surface area contributed by atoms with Gasteiger partial charge in [-0.15, -0.1) is 5.10 Å². The number of thioether (sulfide) groups is 1. The summed E-state index contributed by atoms with van der Waals surface area (Å²) in [6.07, 6.45) is 4.94. The molecule has 122 valence electrons. The minimum atomic E-state index is 0.667. The fourth-order valence-electron chi connectivity index (χ4n) is 2.55. The van der Waals surface area contributed by atoms with Gasteiger partial charge in [-0.3, -0.25) is 4.68 Å². The molecular formula is C15H21N7S. The van der Waals surface area contributed by atoms with Crippen LogP contribution in [0.3, 0.4) is 0 Å². The molecule has 3 rings (SSSR count). The Balaban J connectivity index is 1.86. The monoisotopic (exact) mass is 331 g/mol. The molecule has 0 fully saturated rings. The normalized spacial score (nSPS) is 11.5. The smallest absolute Gasteiger partial charge is 0.252 e. The van der Waals surface area contributed by atoms with Gasteiger partial charge in [0.2, 0.25) is 5.16 Å². The van der Waals surface area contributed by atoms with Gasteiger partial charge in [0.1, 0.15) is 12.2 Å². The third-order valence-electron chi connectivity index (χ3n) is 3.95. The number of nitrogens with zero attached hydrogens (tertiary/aromatic N) is 7. The minimum Gasteiger partial charge on any atom is -0.252 e. The molecule has 23 heavy (non-hydrogen) atoms. The van der Waals surface area contributed by atoms with Crippen LogP contribution in [0.2, 0.25) is 0 Å². The maximum Gasteiger partial charge on any atom is 0.253 e. The van der Waals surface area contributed by atoms with Crippen LogP contribution in [0, 0.1) is 13.8 Å². The van der Waals surface area contributed by atoms with Crippen molar-refractivity contribution in [2.45, 2.75) is 50.9 Å². The molecule has 0 amide bonds. The van der Waals surface area contributed by atoms with Gasteiger partial charge < -0.3 is 0 Å². The zero-order valence-corrected chi connectivity index (χ0v) is 14.8. The SMILES string of the molecule is CCCCc1c(C)nc2nc(SCc3ncnn3C)nn2c1C. The first-order chi connectivity index (χ1) is 11.1. The van der Waals surface area contributed by atoms with Crippen molar-refractivity contribution in [2.75, 3.05) is 0 Å². The first-order valence-electron chi connectivity index (χ1n) is 7.78. The second-order valence-corrected chi connectivity index (χ2v) is 6.50. The van der Waals surface area contributed by atoms with Gasteiger partial charge in [0.15, 0.2) is 0 Å². The number of hydrogen-bond acceptors (Lipinski definition) is 6. The van der Waals surface area contributed by atoms with Gasteiger partial charge in [0.05, 0.1) is 5.75 Å². The fraction of sp³-hybridized carbons (Fsp3) is 0.533. The maximum atomic E-state index is 4.62.